The van der Waals surface area contributed by atoms with Gasteiger partial charge in [-0.25, -0.2) is 0 Å². The molecule has 0 saturated carbocycles. The van der Waals surface area contributed by atoms with E-state index in [2.05, 4.69) is 5.32 Å². The van der Waals surface area contributed by atoms with Crippen molar-refractivity contribution in [1.82, 2.24) is 10.2 Å². The van der Waals surface area contributed by atoms with Gasteiger partial charge in [-0.05, 0) is 32.2 Å². The number of nitrogens with one attached hydrogen (secondary N) is 1. The molecule has 15 heavy (non-hydrogen) atoms. The molecule has 2 heterocycles. The molecule has 1 N–H and O–H groups in total. The fourth-order valence-electron chi connectivity index (χ4n) is 2.51. The molecule has 2 rings (SSSR count). The van der Waals surface area contributed by atoms with E-state index in [0.29, 0.717) is 6.54 Å². The predicted octanol–water partition coefficient (Wildman–Crippen LogP) is 0.946. The average Bonchev–Trinajstić information content (AvgIpc) is 2.81. The summed E-state index contributed by atoms with van der Waals surface area (Å²) in [5.41, 5.74) is 0. The SMILES string of the molecule is O=C([C@H]1CCCN1)N1CCC[C@H](CF)C1. The molecule has 0 aliphatic carbocycles. The standard InChI is InChI=1S/C11H19FN2O/c12-7-9-3-2-6-14(8-9)11(15)10-4-1-5-13-10/h9-10,13H,1-8H2/t9-,10-/m1/s1. The monoisotopic (exact) mass is 214 g/mol. The van der Waals surface area contributed by atoms with Crippen molar-refractivity contribution in [3.63, 3.8) is 0 Å². The van der Waals surface area contributed by atoms with Crippen molar-refractivity contribution in [2.75, 3.05) is 26.3 Å². The lowest BCUT2D eigenvalue weighted by molar-refractivity contribution is -0.135. The highest BCUT2D eigenvalue weighted by atomic mass is 19.1. The minimum atomic E-state index is -0.290. The number of amides is 1. The Morgan fingerprint density at radius 2 is 2.27 bits per heavy atom. The number of carbonyl (C=O) groups is 1. The van der Waals surface area contributed by atoms with Crippen LogP contribution in [0.3, 0.4) is 0 Å². The molecule has 1 amide bonds. The number of likely N-dealkylation sites (tertiary alicyclic amines) is 1. The summed E-state index contributed by atoms with van der Waals surface area (Å²) in [5, 5.41) is 3.20. The maximum atomic E-state index is 12.5. The molecule has 2 aliphatic rings. The molecule has 3 nitrogen and oxygen atoms in total. The van der Waals surface area contributed by atoms with Crippen LogP contribution in [0.1, 0.15) is 25.7 Å². The highest BCUT2D eigenvalue weighted by molar-refractivity contribution is 5.82. The Bertz CT molecular complexity index is 229. The van der Waals surface area contributed by atoms with E-state index in [0.717, 1.165) is 38.8 Å². The second-order valence-electron chi connectivity index (χ2n) is 4.60. The highest BCUT2D eigenvalue weighted by Gasteiger charge is 2.30. The molecular weight excluding hydrogens is 195 g/mol. The van der Waals surface area contributed by atoms with Gasteiger partial charge in [0, 0.05) is 19.0 Å². The zero-order valence-electron chi connectivity index (χ0n) is 9.04. The van der Waals surface area contributed by atoms with Gasteiger partial charge in [0.2, 0.25) is 5.91 Å². The second-order valence-corrected chi connectivity index (χ2v) is 4.60. The topological polar surface area (TPSA) is 32.3 Å². The summed E-state index contributed by atoms with van der Waals surface area (Å²) in [6, 6.07) is 0.00311. The third-order valence-corrected chi connectivity index (χ3v) is 3.41. The normalized spacial score (nSPS) is 31.9. The number of nitrogens with zero attached hydrogens (tertiary/aromatic N) is 1. The molecule has 0 bridgehead atoms. The number of alkyl halides is 1. The zero-order chi connectivity index (χ0) is 10.7. The Balaban J connectivity index is 1.88. The molecule has 2 atom stereocenters. The third kappa shape index (κ3) is 2.48. The lowest BCUT2D eigenvalue weighted by atomic mass is 9.98. The van der Waals surface area contributed by atoms with Crippen LogP contribution in [0.15, 0.2) is 0 Å². The average molecular weight is 214 g/mol. The molecule has 0 unspecified atom stereocenters. The van der Waals surface area contributed by atoms with Crippen LogP contribution < -0.4 is 5.32 Å². The first-order valence-corrected chi connectivity index (χ1v) is 5.89. The molecule has 0 aromatic carbocycles. The van der Waals surface area contributed by atoms with Gasteiger partial charge in [-0.2, -0.15) is 0 Å². The van der Waals surface area contributed by atoms with Gasteiger partial charge in [0.15, 0.2) is 0 Å². The molecule has 0 aromatic heterocycles. The largest absolute Gasteiger partial charge is 0.341 e. The summed E-state index contributed by atoms with van der Waals surface area (Å²) in [5.74, 6) is 0.259. The molecule has 0 spiro atoms. The van der Waals surface area contributed by atoms with Gasteiger partial charge in [0.1, 0.15) is 0 Å². The number of carbonyl (C=O) groups excluding carboxylic acids is 1. The van der Waals surface area contributed by atoms with Crippen molar-refractivity contribution >= 4 is 5.91 Å². The van der Waals surface area contributed by atoms with Crippen LogP contribution in [0, 0.1) is 5.92 Å². The summed E-state index contributed by atoms with van der Waals surface area (Å²) in [7, 11) is 0. The summed E-state index contributed by atoms with van der Waals surface area (Å²) in [4.78, 5) is 13.8. The molecule has 2 fully saturated rings. The summed E-state index contributed by atoms with van der Waals surface area (Å²) >= 11 is 0. The quantitative estimate of drug-likeness (QED) is 0.742. The highest BCUT2D eigenvalue weighted by Crippen LogP contribution is 2.19. The van der Waals surface area contributed by atoms with Crippen LogP contribution in [0.4, 0.5) is 4.39 Å². The van der Waals surface area contributed by atoms with Crippen LogP contribution in [-0.2, 0) is 4.79 Å². The van der Waals surface area contributed by atoms with E-state index < -0.39 is 0 Å². The Morgan fingerprint density at radius 1 is 1.40 bits per heavy atom. The van der Waals surface area contributed by atoms with E-state index in [1.54, 1.807) is 0 Å². The van der Waals surface area contributed by atoms with Crippen LogP contribution in [0.2, 0.25) is 0 Å². The predicted molar refractivity (Wildman–Crippen MR) is 56.3 cm³/mol. The van der Waals surface area contributed by atoms with Gasteiger partial charge in [-0.15, -0.1) is 0 Å². The smallest absolute Gasteiger partial charge is 0.239 e. The van der Waals surface area contributed by atoms with Crippen molar-refractivity contribution in [1.29, 1.82) is 0 Å². The Morgan fingerprint density at radius 3 is 2.93 bits per heavy atom. The Kier molecular flexibility index (Phi) is 3.57. The van der Waals surface area contributed by atoms with Crippen LogP contribution in [0.25, 0.3) is 0 Å². The van der Waals surface area contributed by atoms with Crippen LogP contribution in [-0.4, -0.2) is 43.2 Å². The maximum Gasteiger partial charge on any atom is 0.239 e. The van der Waals surface area contributed by atoms with Crippen LogP contribution >= 0.6 is 0 Å². The maximum absolute atomic E-state index is 12.5. The zero-order valence-corrected chi connectivity index (χ0v) is 9.04. The van der Waals surface area contributed by atoms with Gasteiger partial charge < -0.3 is 10.2 Å². The molecule has 0 radical (unpaired) electrons. The van der Waals surface area contributed by atoms with Gasteiger partial charge in [0.25, 0.3) is 0 Å². The molecule has 2 aliphatic heterocycles. The van der Waals surface area contributed by atoms with Crippen molar-refractivity contribution in [2.45, 2.75) is 31.7 Å². The van der Waals surface area contributed by atoms with E-state index in [-0.39, 0.29) is 24.5 Å². The summed E-state index contributed by atoms with van der Waals surface area (Å²) in [6.07, 6.45) is 3.90. The minimum Gasteiger partial charge on any atom is -0.341 e. The molecule has 0 aromatic rings. The van der Waals surface area contributed by atoms with Crippen LogP contribution in [0.5, 0.6) is 0 Å². The molecule has 86 valence electrons. The van der Waals surface area contributed by atoms with Crippen molar-refractivity contribution < 1.29 is 9.18 Å². The fraction of sp³-hybridized carbons (Fsp3) is 0.909. The van der Waals surface area contributed by atoms with Crippen molar-refractivity contribution in [2.24, 2.45) is 5.92 Å². The lowest BCUT2D eigenvalue weighted by Crippen LogP contribution is -2.48. The second kappa shape index (κ2) is 4.92. The number of piperidine rings is 1. The van der Waals surface area contributed by atoms with Gasteiger partial charge in [0.05, 0.1) is 12.7 Å². The van der Waals surface area contributed by atoms with Crippen molar-refractivity contribution in [3.05, 3.63) is 0 Å². The number of hydrogen-bond donors (Lipinski definition) is 1. The van der Waals surface area contributed by atoms with E-state index in [4.69, 9.17) is 0 Å². The third-order valence-electron chi connectivity index (χ3n) is 3.41. The van der Waals surface area contributed by atoms with E-state index in [9.17, 15) is 9.18 Å². The van der Waals surface area contributed by atoms with E-state index in [1.165, 1.54) is 0 Å². The first-order chi connectivity index (χ1) is 7.31. The number of halogens is 1. The minimum absolute atomic E-state index is 0.00311. The molecule has 2 saturated heterocycles. The molecular formula is C11H19FN2O. The first kappa shape index (κ1) is 10.9. The lowest BCUT2D eigenvalue weighted by Gasteiger charge is -2.33. The number of hydrogen-bond acceptors (Lipinski definition) is 2. The fourth-order valence-corrected chi connectivity index (χ4v) is 2.51. The van der Waals surface area contributed by atoms with E-state index >= 15 is 0 Å². The Labute approximate surface area is 90.0 Å². The Hall–Kier alpha value is -0.640. The van der Waals surface area contributed by atoms with E-state index in [1.807, 2.05) is 4.90 Å². The molecule has 4 heteroatoms. The number of rotatable bonds is 2. The first-order valence-electron chi connectivity index (χ1n) is 5.89. The van der Waals surface area contributed by atoms with Gasteiger partial charge in [-0.3, -0.25) is 9.18 Å². The summed E-state index contributed by atoms with van der Waals surface area (Å²) in [6.45, 7) is 2.08. The van der Waals surface area contributed by atoms with Gasteiger partial charge >= 0.3 is 0 Å². The van der Waals surface area contributed by atoms with Crippen molar-refractivity contribution in [3.8, 4) is 0 Å². The summed E-state index contributed by atoms with van der Waals surface area (Å²) < 4.78 is 12.5. The van der Waals surface area contributed by atoms with Gasteiger partial charge in [-0.1, -0.05) is 0 Å².